The van der Waals surface area contributed by atoms with E-state index in [2.05, 4.69) is 16.5 Å². The van der Waals surface area contributed by atoms with Crippen molar-refractivity contribution in [3.8, 4) is 0 Å². The van der Waals surface area contributed by atoms with Crippen LogP contribution in [0.4, 0.5) is 0 Å². The molecule has 0 unspecified atom stereocenters. The molecule has 5 heteroatoms. The predicted octanol–water partition coefficient (Wildman–Crippen LogP) is 4.31. The molecule has 0 saturated carbocycles. The van der Waals surface area contributed by atoms with Crippen LogP contribution >= 0.6 is 22.9 Å². The first-order valence-electron chi connectivity index (χ1n) is 7.43. The molecule has 2 aromatic rings. The van der Waals surface area contributed by atoms with Crippen LogP contribution in [0.15, 0.2) is 17.5 Å². The number of hydrogen-bond acceptors (Lipinski definition) is 3. The van der Waals surface area contributed by atoms with E-state index in [-0.39, 0.29) is 5.78 Å². The van der Waals surface area contributed by atoms with Gasteiger partial charge in [-0.3, -0.25) is 9.48 Å². The summed E-state index contributed by atoms with van der Waals surface area (Å²) >= 11 is 8.08. The Hall–Kier alpha value is -1.13. The van der Waals surface area contributed by atoms with E-state index < -0.39 is 0 Å². The number of halogens is 1. The zero-order chi connectivity index (χ0) is 15.2. The van der Waals surface area contributed by atoms with Gasteiger partial charge in [0.05, 0.1) is 16.4 Å². The van der Waals surface area contributed by atoms with Crippen LogP contribution in [0.1, 0.15) is 43.0 Å². The molecule has 0 spiro atoms. The van der Waals surface area contributed by atoms with E-state index in [1.54, 1.807) is 11.3 Å². The molecule has 0 aromatic carbocycles. The number of carbonyl (C=O) groups excluding carboxylic acids is 1. The summed E-state index contributed by atoms with van der Waals surface area (Å²) in [6, 6.07) is 4.17. The molecule has 2 aromatic heterocycles. The Labute approximate surface area is 134 Å². The SMILES string of the molecule is CCc1nn(CC)c(CC(=O)CCCc2cccs2)c1Cl. The molecule has 3 nitrogen and oxygen atoms in total. The number of Topliss-reactive ketones (excluding diaryl/α,β-unsaturated/α-hetero) is 1. The molecule has 0 saturated heterocycles. The van der Waals surface area contributed by atoms with Crippen molar-refractivity contribution in [1.29, 1.82) is 0 Å². The van der Waals surface area contributed by atoms with Crippen molar-refractivity contribution in [2.24, 2.45) is 0 Å². The third kappa shape index (κ3) is 4.17. The summed E-state index contributed by atoms with van der Waals surface area (Å²) in [5.74, 6) is 0.241. The average molecular weight is 325 g/mol. The van der Waals surface area contributed by atoms with Crippen LogP contribution in [0.3, 0.4) is 0 Å². The number of ketones is 1. The van der Waals surface area contributed by atoms with Gasteiger partial charge >= 0.3 is 0 Å². The zero-order valence-electron chi connectivity index (χ0n) is 12.6. The van der Waals surface area contributed by atoms with Crippen molar-refractivity contribution >= 4 is 28.7 Å². The maximum absolute atomic E-state index is 12.2. The normalized spacial score (nSPS) is 11.0. The van der Waals surface area contributed by atoms with Crippen molar-refractivity contribution in [1.82, 2.24) is 9.78 Å². The highest BCUT2D eigenvalue weighted by Gasteiger charge is 2.17. The fraction of sp³-hybridized carbons (Fsp3) is 0.500. The van der Waals surface area contributed by atoms with Gasteiger partial charge in [-0.25, -0.2) is 0 Å². The lowest BCUT2D eigenvalue weighted by atomic mass is 10.1. The molecular weight excluding hydrogens is 304 g/mol. The molecule has 0 radical (unpaired) electrons. The molecule has 2 heterocycles. The number of rotatable bonds is 8. The molecule has 0 aliphatic carbocycles. The lowest BCUT2D eigenvalue weighted by molar-refractivity contribution is -0.118. The molecule has 21 heavy (non-hydrogen) atoms. The molecule has 0 aliphatic heterocycles. The molecule has 0 aliphatic rings. The molecule has 2 rings (SSSR count). The highest BCUT2D eigenvalue weighted by molar-refractivity contribution is 7.09. The molecule has 0 amide bonds. The monoisotopic (exact) mass is 324 g/mol. The topological polar surface area (TPSA) is 34.9 Å². The second kappa shape index (κ2) is 7.76. The molecule has 114 valence electrons. The Bertz CT molecular complexity index is 590. The molecule has 0 bridgehead atoms. The van der Waals surface area contributed by atoms with Crippen LogP contribution < -0.4 is 0 Å². The Morgan fingerprint density at radius 2 is 2.24 bits per heavy atom. The van der Waals surface area contributed by atoms with Gasteiger partial charge in [0, 0.05) is 24.3 Å². The number of aromatic nitrogens is 2. The highest BCUT2D eigenvalue weighted by Crippen LogP contribution is 2.23. The lowest BCUT2D eigenvalue weighted by Crippen LogP contribution is -2.10. The minimum atomic E-state index is 0.241. The summed E-state index contributed by atoms with van der Waals surface area (Å²) < 4.78 is 1.86. The van der Waals surface area contributed by atoms with Crippen LogP contribution in [-0.2, 0) is 30.6 Å². The number of nitrogens with zero attached hydrogens (tertiary/aromatic N) is 2. The molecule has 0 atom stereocenters. The van der Waals surface area contributed by atoms with E-state index >= 15 is 0 Å². The van der Waals surface area contributed by atoms with Gasteiger partial charge in [0.25, 0.3) is 0 Å². The first-order chi connectivity index (χ1) is 10.2. The minimum absolute atomic E-state index is 0.241. The Morgan fingerprint density at radius 3 is 2.86 bits per heavy atom. The lowest BCUT2D eigenvalue weighted by Gasteiger charge is -2.05. The van der Waals surface area contributed by atoms with Gasteiger partial charge in [-0.05, 0) is 37.6 Å². The second-order valence-electron chi connectivity index (χ2n) is 5.03. The third-order valence-electron chi connectivity index (χ3n) is 3.52. The van der Waals surface area contributed by atoms with Crippen molar-refractivity contribution in [3.63, 3.8) is 0 Å². The fourth-order valence-corrected chi connectivity index (χ4v) is 3.46. The minimum Gasteiger partial charge on any atom is -0.299 e. The van der Waals surface area contributed by atoms with Crippen LogP contribution in [-0.4, -0.2) is 15.6 Å². The summed E-state index contributed by atoms with van der Waals surface area (Å²) in [6.07, 6.45) is 3.67. The first-order valence-corrected chi connectivity index (χ1v) is 8.69. The Balaban J connectivity index is 1.91. The summed E-state index contributed by atoms with van der Waals surface area (Å²) in [5, 5.41) is 7.20. The Kier molecular flexibility index (Phi) is 6.00. The summed E-state index contributed by atoms with van der Waals surface area (Å²) in [7, 11) is 0. The van der Waals surface area contributed by atoms with Crippen LogP contribution in [0.25, 0.3) is 0 Å². The van der Waals surface area contributed by atoms with E-state index in [1.807, 2.05) is 24.6 Å². The fourth-order valence-electron chi connectivity index (χ4n) is 2.38. The van der Waals surface area contributed by atoms with Crippen molar-refractivity contribution < 1.29 is 4.79 Å². The van der Waals surface area contributed by atoms with Gasteiger partial charge in [0.15, 0.2) is 0 Å². The standard InChI is InChI=1S/C16H21ClN2OS/c1-3-14-16(17)15(19(4-2)18-14)11-12(20)7-5-8-13-9-6-10-21-13/h6,9-10H,3-5,7-8,11H2,1-2H3. The predicted molar refractivity (Wildman–Crippen MR) is 88.3 cm³/mol. The van der Waals surface area contributed by atoms with Gasteiger partial charge in [0.1, 0.15) is 5.78 Å². The summed E-state index contributed by atoms with van der Waals surface area (Å²) in [6.45, 7) is 4.80. The zero-order valence-corrected chi connectivity index (χ0v) is 14.1. The van der Waals surface area contributed by atoms with Crippen molar-refractivity contribution in [2.45, 2.75) is 52.5 Å². The number of thiophene rings is 1. The van der Waals surface area contributed by atoms with Gasteiger partial charge in [0.2, 0.25) is 0 Å². The van der Waals surface area contributed by atoms with Crippen LogP contribution in [0.2, 0.25) is 5.02 Å². The van der Waals surface area contributed by atoms with E-state index in [9.17, 15) is 4.79 Å². The largest absolute Gasteiger partial charge is 0.299 e. The van der Waals surface area contributed by atoms with E-state index in [0.717, 1.165) is 37.2 Å². The summed E-state index contributed by atoms with van der Waals surface area (Å²) in [5.41, 5.74) is 1.76. The maximum Gasteiger partial charge on any atom is 0.138 e. The highest BCUT2D eigenvalue weighted by atomic mass is 35.5. The summed E-state index contributed by atoms with van der Waals surface area (Å²) in [4.78, 5) is 13.5. The van der Waals surface area contributed by atoms with E-state index in [4.69, 9.17) is 11.6 Å². The third-order valence-corrected chi connectivity index (χ3v) is 4.89. The Morgan fingerprint density at radius 1 is 1.43 bits per heavy atom. The quantitative estimate of drug-likeness (QED) is 0.725. The first kappa shape index (κ1) is 16.2. The smallest absolute Gasteiger partial charge is 0.138 e. The van der Waals surface area contributed by atoms with Gasteiger partial charge < -0.3 is 0 Å². The van der Waals surface area contributed by atoms with Crippen molar-refractivity contribution in [3.05, 3.63) is 38.8 Å². The van der Waals surface area contributed by atoms with Crippen molar-refractivity contribution in [2.75, 3.05) is 0 Å². The number of carbonyl (C=O) groups is 1. The van der Waals surface area contributed by atoms with E-state index in [1.165, 1.54) is 4.88 Å². The van der Waals surface area contributed by atoms with Gasteiger partial charge in [-0.15, -0.1) is 11.3 Å². The second-order valence-corrected chi connectivity index (χ2v) is 6.44. The average Bonchev–Trinajstić information content (AvgIpc) is 3.08. The van der Waals surface area contributed by atoms with Crippen LogP contribution in [0, 0.1) is 0 Å². The number of aryl methyl sites for hydroxylation is 3. The molecule has 0 N–H and O–H groups in total. The molecule has 0 fully saturated rings. The van der Waals surface area contributed by atoms with Gasteiger partial charge in [-0.2, -0.15) is 5.10 Å². The van der Waals surface area contributed by atoms with Gasteiger partial charge in [-0.1, -0.05) is 24.6 Å². The van der Waals surface area contributed by atoms with E-state index in [0.29, 0.717) is 17.9 Å². The molecular formula is C16H21ClN2OS. The van der Waals surface area contributed by atoms with Crippen LogP contribution in [0.5, 0.6) is 0 Å². The number of hydrogen-bond donors (Lipinski definition) is 0. The maximum atomic E-state index is 12.2.